The number of hydrogen-bond donors (Lipinski definition) is 0. The first-order valence-corrected chi connectivity index (χ1v) is 9.78. The lowest BCUT2D eigenvalue weighted by molar-refractivity contribution is 0.0670. The standard InChI is InChI=1S/C17H21NO4S/c1-18(13-8-4-6-10-16(13)23(2,20)21)17(19)15-11-12-7-3-5-9-14(12)22-15/h3,5,7,9,11,13,16H,4,6,8,10H2,1-2H3/t13-,16+/m1/s1. The van der Waals surface area contributed by atoms with Crippen molar-refractivity contribution in [3.63, 3.8) is 0 Å². The lowest BCUT2D eigenvalue weighted by Crippen LogP contribution is -2.49. The van der Waals surface area contributed by atoms with Gasteiger partial charge in [-0.1, -0.05) is 31.0 Å². The second-order valence-corrected chi connectivity index (χ2v) is 8.55. The van der Waals surface area contributed by atoms with Crippen LogP contribution in [0.2, 0.25) is 0 Å². The van der Waals surface area contributed by atoms with E-state index in [9.17, 15) is 13.2 Å². The van der Waals surface area contributed by atoms with E-state index in [-0.39, 0.29) is 17.7 Å². The van der Waals surface area contributed by atoms with E-state index < -0.39 is 15.1 Å². The zero-order valence-electron chi connectivity index (χ0n) is 13.4. The normalized spacial score (nSPS) is 22.2. The van der Waals surface area contributed by atoms with E-state index in [4.69, 9.17) is 4.42 Å². The summed E-state index contributed by atoms with van der Waals surface area (Å²) in [5, 5.41) is 0.377. The number of carbonyl (C=O) groups excluding carboxylic acids is 1. The molecule has 1 amide bonds. The second kappa shape index (κ2) is 6.00. The fourth-order valence-electron chi connectivity index (χ4n) is 3.43. The van der Waals surface area contributed by atoms with Crippen molar-refractivity contribution in [2.75, 3.05) is 13.3 Å². The monoisotopic (exact) mass is 335 g/mol. The predicted octanol–water partition coefficient (Wildman–Crippen LogP) is 2.86. The highest BCUT2D eigenvalue weighted by Crippen LogP contribution is 2.29. The van der Waals surface area contributed by atoms with E-state index >= 15 is 0 Å². The Bertz CT molecular complexity index is 791. The molecule has 1 aliphatic carbocycles. The van der Waals surface area contributed by atoms with Crippen LogP contribution in [0.3, 0.4) is 0 Å². The van der Waals surface area contributed by atoms with Gasteiger partial charge in [0.15, 0.2) is 15.6 Å². The predicted molar refractivity (Wildman–Crippen MR) is 89.2 cm³/mol. The molecule has 1 aromatic heterocycles. The first-order valence-electron chi connectivity index (χ1n) is 7.82. The maximum Gasteiger partial charge on any atom is 0.289 e. The van der Waals surface area contributed by atoms with Crippen molar-refractivity contribution in [1.29, 1.82) is 0 Å². The zero-order chi connectivity index (χ0) is 16.6. The molecule has 1 aromatic carbocycles. The third kappa shape index (κ3) is 3.13. The maximum absolute atomic E-state index is 12.7. The van der Waals surface area contributed by atoms with Crippen molar-refractivity contribution in [2.24, 2.45) is 0 Å². The van der Waals surface area contributed by atoms with Gasteiger partial charge < -0.3 is 9.32 Å². The lowest BCUT2D eigenvalue weighted by atomic mass is 9.93. The Labute approximate surface area is 136 Å². The van der Waals surface area contributed by atoms with Gasteiger partial charge in [0.2, 0.25) is 0 Å². The molecule has 0 unspecified atom stereocenters. The van der Waals surface area contributed by atoms with Gasteiger partial charge in [0.05, 0.1) is 5.25 Å². The van der Waals surface area contributed by atoms with Crippen LogP contribution in [-0.4, -0.2) is 43.8 Å². The van der Waals surface area contributed by atoms with Gasteiger partial charge in [-0.25, -0.2) is 8.42 Å². The molecule has 3 rings (SSSR count). The van der Waals surface area contributed by atoms with Gasteiger partial charge in [0.25, 0.3) is 5.91 Å². The minimum Gasteiger partial charge on any atom is -0.451 e. The second-order valence-electron chi connectivity index (χ2n) is 6.28. The van der Waals surface area contributed by atoms with Gasteiger partial charge in [0.1, 0.15) is 5.58 Å². The molecule has 1 heterocycles. The lowest BCUT2D eigenvalue weighted by Gasteiger charge is -2.36. The summed E-state index contributed by atoms with van der Waals surface area (Å²) in [4.78, 5) is 14.3. The Balaban J connectivity index is 1.88. The number of rotatable bonds is 3. The minimum absolute atomic E-state index is 0.256. The molecule has 1 fully saturated rings. The highest BCUT2D eigenvalue weighted by atomic mass is 32.2. The van der Waals surface area contributed by atoms with Crippen LogP contribution in [0.4, 0.5) is 0 Å². The van der Waals surface area contributed by atoms with Gasteiger partial charge in [-0.15, -0.1) is 0 Å². The average Bonchev–Trinajstić information content (AvgIpc) is 2.96. The van der Waals surface area contributed by atoms with Crippen LogP contribution < -0.4 is 0 Å². The van der Waals surface area contributed by atoms with Crippen molar-refractivity contribution in [2.45, 2.75) is 37.0 Å². The van der Waals surface area contributed by atoms with Gasteiger partial charge >= 0.3 is 0 Å². The first-order chi connectivity index (χ1) is 10.9. The summed E-state index contributed by atoms with van der Waals surface area (Å²) >= 11 is 0. The van der Waals surface area contributed by atoms with Gasteiger partial charge in [-0.3, -0.25) is 4.79 Å². The number of sulfone groups is 1. The van der Waals surface area contributed by atoms with Crippen molar-refractivity contribution < 1.29 is 17.6 Å². The topological polar surface area (TPSA) is 67.6 Å². The van der Waals surface area contributed by atoms with Crippen LogP contribution in [0.1, 0.15) is 36.2 Å². The van der Waals surface area contributed by atoms with E-state index in [2.05, 4.69) is 0 Å². The Hall–Kier alpha value is -1.82. The molecule has 5 nitrogen and oxygen atoms in total. The Kier molecular flexibility index (Phi) is 4.19. The van der Waals surface area contributed by atoms with Crippen molar-refractivity contribution in [1.82, 2.24) is 4.90 Å². The van der Waals surface area contributed by atoms with E-state index in [0.29, 0.717) is 18.4 Å². The van der Waals surface area contributed by atoms with Crippen LogP contribution in [-0.2, 0) is 9.84 Å². The highest BCUT2D eigenvalue weighted by Gasteiger charge is 2.37. The summed E-state index contributed by atoms with van der Waals surface area (Å²) < 4.78 is 29.7. The number of amides is 1. The molecule has 2 atom stereocenters. The summed E-state index contributed by atoms with van der Waals surface area (Å²) in [6.45, 7) is 0. The molecule has 124 valence electrons. The minimum atomic E-state index is -3.18. The Morgan fingerprint density at radius 1 is 1.22 bits per heavy atom. The molecule has 0 aliphatic heterocycles. The zero-order valence-corrected chi connectivity index (χ0v) is 14.2. The SMILES string of the molecule is CN(C(=O)c1cc2ccccc2o1)[C@@H]1CCCC[C@@H]1S(C)(=O)=O. The van der Waals surface area contributed by atoms with E-state index in [1.54, 1.807) is 18.0 Å². The summed E-state index contributed by atoms with van der Waals surface area (Å²) in [5.74, 6) is -0.00623. The fraction of sp³-hybridized carbons (Fsp3) is 0.471. The first kappa shape index (κ1) is 16.1. The molecule has 1 saturated carbocycles. The molecule has 0 saturated heterocycles. The van der Waals surface area contributed by atoms with E-state index in [0.717, 1.165) is 18.2 Å². The van der Waals surface area contributed by atoms with Crippen molar-refractivity contribution in [3.8, 4) is 0 Å². The number of benzene rings is 1. The van der Waals surface area contributed by atoms with Crippen LogP contribution in [0.15, 0.2) is 34.7 Å². The van der Waals surface area contributed by atoms with Gasteiger partial charge in [-0.05, 0) is 25.0 Å². The van der Waals surface area contributed by atoms with Gasteiger partial charge in [0, 0.05) is 24.7 Å². The molecular formula is C17H21NO4S. The number of carbonyl (C=O) groups is 1. The summed E-state index contributed by atoms with van der Waals surface area (Å²) in [6, 6.07) is 8.86. The number of para-hydroxylation sites is 1. The molecule has 0 spiro atoms. The molecule has 6 heteroatoms. The molecule has 2 aromatic rings. The number of furan rings is 1. The third-order valence-corrected chi connectivity index (χ3v) is 6.32. The smallest absolute Gasteiger partial charge is 0.289 e. The van der Waals surface area contributed by atoms with Crippen LogP contribution in [0.5, 0.6) is 0 Å². The highest BCUT2D eigenvalue weighted by molar-refractivity contribution is 7.91. The molecule has 0 radical (unpaired) electrons. The molecule has 23 heavy (non-hydrogen) atoms. The Morgan fingerprint density at radius 3 is 2.61 bits per heavy atom. The number of nitrogens with zero attached hydrogens (tertiary/aromatic N) is 1. The number of hydrogen-bond acceptors (Lipinski definition) is 4. The van der Waals surface area contributed by atoms with E-state index in [1.807, 2.05) is 24.3 Å². The number of fused-ring (bicyclic) bond motifs is 1. The Morgan fingerprint density at radius 2 is 1.91 bits per heavy atom. The fourth-order valence-corrected chi connectivity index (χ4v) is 4.92. The molecule has 1 aliphatic rings. The largest absolute Gasteiger partial charge is 0.451 e. The van der Waals surface area contributed by atoms with Crippen molar-refractivity contribution in [3.05, 3.63) is 36.1 Å². The molecular weight excluding hydrogens is 314 g/mol. The maximum atomic E-state index is 12.7. The summed E-state index contributed by atoms with van der Waals surface area (Å²) in [5.41, 5.74) is 0.660. The van der Waals surface area contributed by atoms with Gasteiger partial charge in [-0.2, -0.15) is 0 Å². The van der Waals surface area contributed by atoms with Crippen LogP contribution in [0, 0.1) is 0 Å². The quantitative estimate of drug-likeness (QED) is 0.865. The van der Waals surface area contributed by atoms with Crippen LogP contribution >= 0.6 is 0 Å². The van der Waals surface area contributed by atoms with E-state index in [1.165, 1.54) is 6.26 Å². The van der Waals surface area contributed by atoms with Crippen molar-refractivity contribution >= 4 is 26.7 Å². The molecule has 0 N–H and O–H groups in total. The summed E-state index contributed by atoms with van der Waals surface area (Å²) in [6.07, 6.45) is 4.41. The van der Waals surface area contributed by atoms with Crippen LogP contribution in [0.25, 0.3) is 11.0 Å². The molecule has 0 bridgehead atoms. The average molecular weight is 335 g/mol. The summed E-state index contributed by atoms with van der Waals surface area (Å²) in [7, 11) is -1.51. The third-order valence-electron chi connectivity index (χ3n) is 4.67.